The Morgan fingerprint density at radius 2 is 2.05 bits per heavy atom. The van der Waals surface area contributed by atoms with Crippen LogP contribution >= 0.6 is 11.8 Å². The summed E-state index contributed by atoms with van der Waals surface area (Å²) in [6, 6.07) is 2.93. The number of thioether (sulfide) groups is 1. The minimum Gasteiger partial charge on any atom is -0.474 e. The van der Waals surface area contributed by atoms with Crippen LogP contribution < -0.4 is 4.74 Å². The maximum absolute atomic E-state index is 11.6. The summed E-state index contributed by atoms with van der Waals surface area (Å²) in [4.78, 5) is 3.76. The smallest absolute Gasteiger partial charge is 0.197 e. The Balaban J connectivity index is 2.23. The number of nitrogens with zero attached hydrogens (tertiary/aromatic N) is 1. The molecule has 0 unspecified atom stereocenters. The van der Waals surface area contributed by atoms with E-state index < -0.39 is 33.6 Å². The van der Waals surface area contributed by atoms with Gasteiger partial charge in [0.1, 0.15) is 12.2 Å². The van der Waals surface area contributed by atoms with Crippen LogP contribution in [0.2, 0.25) is 0 Å². The summed E-state index contributed by atoms with van der Waals surface area (Å²) in [5.41, 5.74) is -0.877. The van der Waals surface area contributed by atoms with E-state index >= 15 is 0 Å². The van der Waals surface area contributed by atoms with Crippen molar-refractivity contribution in [1.29, 1.82) is 0 Å². The van der Waals surface area contributed by atoms with Crippen LogP contribution in [0.3, 0.4) is 0 Å². The SMILES string of the molecule is CS(=O)(=O)c1ncccc1O[C@@H]1SC[C@@H](O)[C@H](O)[C@H]1O. The van der Waals surface area contributed by atoms with Crippen LogP contribution in [0.4, 0.5) is 0 Å². The predicted molar refractivity (Wildman–Crippen MR) is 72.2 cm³/mol. The molecule has 9 heteroatoms. The first-order valence-corrected chi connectivity index (χ1v) is 8.72. The second-order valence-corrected chi connectivity index (χ2v) is 7.51. The molecule has 1 aromatic rings. The zero-order valence-electron chi connectivity index (χ0n) is 10.6. The summed E-state index contributed by atoms with van der Waals surface area (Å²) in [6.07, 6.45) is -1.37. The van der Waals surface area contributed by atoms with Gasteiger partial charge < -0.3 is 20.1 Å². The molecule has 3 N–H and O–H groups in total. The topological polar surface area (TPSA) is 117 Å². The van der Waals surface area contributed by atoms with Crippen molar-refractivity contribution in [3.05, 3.63) is 18.3 Å². The van der Waals surface area contributed by atoms with Gasteiger partial charge in [0.25, 0.3) is 0 Å². The van der Waals surface area contributed by atoms with Crippen LogP contribution in [0, 0.1) is 0 Å². The Bertz CT molecular complexity index is 578. The first-order valence-electron chi connectivity index (χ1n) is 5.78. The highest BCUT2D eigenvalue weighted by atomic mass is 32.2. The molecule has 20 heavy (non-hydrogen) atoms. The first-order chi connectivity index (χ1) is 9.30. The molecule has 0 aliphatic carbocycles. The number of ether oxygens (including phenoxy) is 1. The van der Waals surface area contributed by atoms with Gasteiger partial charge >= 0.3 is 0 Å². The van der Waals surface area contributed by atoms with Gasteiger partial charge in [-0.25, -0.2) is 13.4 Å². The van der Waals surface area contributed by atoms with Crippen molar-refractivity contribution in [2.75, 3.05) is 12.0 Å². The number of pyridine rings is 1. The third kappa shape index (κ3) is 3.23. The number of aliphatic hydroxyl groups is 3. The van der Waals surface area contributed by atoms with E-state index in [9.17, 15) is 23.7 Å². The minimum atomic E-state index is -3.56. The van der Waals surface area contributed by atoms with Gasteiger partial charge in [0, 0.05) is 18.2 Å². The summed E-state index contributed by atoms with van der Waals surface area (Å²) in [5.74, 6) is 0.187. The number of aliphatic hydroxyl groups excluding tert-OH is 3. The van der Waals surface area contributed by atoms with Gasteiger partial charge in [-0.3, -0.25) is 0 Å². The van der Waals surface area contributed by atoms with E-state index in [0.717, 1.165) is 18.0 Å². The predicted octanol–water partition coefficient (Wildman–Crippen LogP) is -0.981. The molecule has 112 valence electrons. The highest BCUT2D eigenvalue weighted by molar-refractivity contribution is 7.99. The molecule has 1 saturated heterocycles. The monoisotopic (exact) mass is 321 g/mol. The summed E-state index contributed by atoms with van der Waals surface area (Å²) < 4.78 is 28.6. The fourth-order valence-corrected chi connectivity index (χ4v) is 3.60. The van der Waals surface area contributed by atoms with E-state index in [-0.39, 0.29) is 16.5 Å². The molecule has 0 aromatic carbocycles. The molecular formula is C11H15NO6S2. The van der Waals surface area contributed by atoms with Crippen LogP contribution in [0.15, 0.2) is 23.4 Å². The molecule has 1 aliphatic heterocycles. The summed E-state index contributed by atoms with van der Waals surface area (Å²) in [6.45, 7) is 0. The molecule has 1 fully saturated rings. The van der Waals surface area contributed by atoms with Crippen LogP contribution in [0.5, 0.6) is 5.75 Å². The van der Waals surface area contributed by atoms with E-state index in [0.29, 0.717) is 0 Å². The summed E-state index contributed by atoms with van der Waals surface area (Å²) in [7, 11) is -3.56. The molecule has 0 radical (unpaired) electrons. The fourth-order valence-electron chi connectivity index (χ4n) is 1.75. The Morgan fingerprint density at radius 3 is 2.70 bits per heavy atom. The summed E-state index contributed by atoms with van der Waals surface area (Å²) >= 11 is 1.09. The van der Waals surface area contributed by atoms with E-state index in [1.165, 1.54) is 18.3 Å². The standard InChI is InChI=1S/C11H15NO6S2/c1-20(16,17)10-7(3-2-4-12-10)18-11-9(15)8(14)6(13)5-19-11/h2-4,6,8-9,11,13-15H,5H2,1H3/t6-,8+,9-,11-/m1/s1. The number of aromatic nitrogens is 1. The van der Waals surface area contributed by atoms with Gasteiger partial charge in [0.2, 0.25) is 0 Å². The molecule has 7 nitrogen and oxygen atoms in total. The van der Waals surface area contributed by atoms with Crippen molar-refractivity contribution in [1.82, 2.24) is 4.98 Å². The second-order valence-electron chi connectivity index (χ2n) is 4.45. The molecule has 0 amide bonds. The van der Waals surface area contributed by atoms with Crippen LogP contribution in [0.25, 0.3) is 0 Å². The van der Waals surface area contributed by atoms with Gasteiger partial charge in [-0.05, 0) is 12.1 Å². The Morgan fingerprint density at radius 1 is 1.35 bits per heavy atom. The lowest BCUT2D eigenvalue weighted by Gasteiger charge is -2.34. The molecule has 0 spiro atoms. The molecule has 0 saturated carbocycles. The Hall–Kier alpha value is -0.870. The summed E-state index contributed by atoms with van der Waals surface area (Å²) in [5, 5.41) is 28.6. The van der Waals surface area contributed by atoms with Gasteiger partial charge in [0.15, 0.2) is 26.0 Å². The van der Waals surface area contributed by atoms with Gasteiger partial charge in [-0.15, -0.1) is 11.8 Å². The zero-order valence-corrected chi connectivity index (χ0v) is 12.2. The molecule has 1 aliphatic rings. The second kappa shape index (κ2) is 5.86. The minimum absolute atomic E-state index is 0.00939. The zero-order chi connectivity index (χ0) is 14.9. The van der Waals surface area contributed by atoms with Gasteiger partial charge in [-0.1, -0.05) is 0 Å². The number of hydrogen-bond donors (Lipinski definition) is 3. The van der Waals surface area contributed by atoms with Crippen molar-refractivity contribution < 1.29 is 28.5 Å². The number of rotatable bonds is 3. The molecule has 0 bridgehead atoms. The number of sulfone groups is 1. The number of hydrogen-bond acceptors (Lipinski definition) is 8. The highest BCUT2D eigenvalue weighted by Gasteiger charge is 2.39. The lowest BCUT2D eigenvalue weighted by atomic mass is 10.1. The van der Waals surface area contributed by atoms with Gasteiger partial charge in [-0.2, -0.15) is 0 Å². The van der Waals surface area contributed by atoms with Crippen molar-refractivity contribution in [2.45, 2.75) is 28.8 Å². The largest absolute Gasteiger partial charge is 0.474 e. The van der Waals surface area contributed by atoms with Crippen molar-refractivity contribution in [3.8, 4) is 5.75 Å². The van der Waals surface area contributed by atoms with Crippen LogP contribution in [0.1, 0.15) is 0 Å². The van der Waals surface area contributed by atoms with Crippen LogP contribution in [-0.2, 0) is 9.84 Å². The molecule has 2 rings (SSSR count). The third-order valence-electron chi connectivity index (χ3n) is 2.78. The Kier molecular flexibility index (Phi) is 4.55. The van der Waals surface area contributed by atoms with E-state index in [1.54, 1.807) is 0 Å². The molecule has 4 atom stereocenters. The molecule has 1 aromatic heterocycles. The highest BCUT2D eigenvalue weighted by Crippen LogP contribution is 2.31. The maximum atomic E-state index is 11.6. The Labute approximate surface area is 120 Å². The fraction of sp³-hybridized carbons (Fsp3) is 0.545. The molecule has 2 heterocycles. The lowest BCUT2D eigenvalue weighted by molar-refractivity contribution is -0.0790. The lowest BCUT2D eigenvalue weighted by Crippen LogP contribution is -2.50. The first kappa shape index (κ1) is 15.5. The quantitative estimate of drug-likeness (QED) is 0.650. The average molecular weight is 321 g/mol. The van der Waals surface area contributed by atoms with Crippen LogP contribution in [-0.4, -0.2) is 64.5 Å². The van der Waals surface area contributed by atoms with Crippen molar-refractivity contribution >= 4 is 21.6 Å². The molecular weight excluding hydrogens is 306 g/mol. The van der Waals surface area contributed by atoms with E-state index in [1.807, 2.05) is 0 Å². The van der Waals surface area contributed by atoms with E-state index in [2.05, 4.69) is 4.98 Å². The normalized spacial score (nSPS) is 31.0. The van der Waals surface area contributed by atoms with Gasteiger partial charge in [0.05, 0.1) is 6.10 Å². The van der Waals surface area contributed by atoms with Crippen molar-refractivity contribution in [2.24, 2.45) is 0 Å². The average Bonchev–Trinajstić information content (AvgIpc) is 2.39. The third-order valence-corrected chi connectivity index (χ3v) is 5.03. The maximum Gasteiger partial charge on any atom is 0.197 e. The van der Waals surface area contributed by atoms with Crippen molar-refractivity contribution in [3.63, 3.8) is 0 Å². The van der Waals surface area contributed by atoms with E-state index in [4.69, 9.17) is 4.74 Å².